The summed E-state index contributed by atoms with van der Waals surface area (Å²) < 4.78 is 5.34. The molecule has 0 saturated carbocycles. The van der Waals surface area contributed by atoms with Crippen LogP contribution >= 0.6 is 0 Å². The van der Waals surface area contributed by atoms with Gasteiger partial charge in [-0.25, -0.2) is 0 Å². The van der Waals surface area contributed by atoms with E-state index in [4.69, 9.17) is 16.2 Å². The Labute approximate surface area is 110 Å². The summed E-state index contributed by atoms with van der Waals surface area (Å²) in [5.41, 5.74) is 13.8. The number of rotatable bonds is 7. The number of nitrogen functional groups attached to an aromatic ring is 1. The van der Waals surface area contributed by atoms with Gasteiger partial charge in [0.2, 0.25) is 0 Å². The van der Waals surface area contributed by atoms with Crippen molar-refractivity contribution in [1.29, 1.82) is 0 Å². The summed E-state index contributed by atoms with van der Waals surface area (Å²) in [4.78, 5) is 2.33. The SMILES string of the molecule is CCN(CC)CC(N)Cc1ccc(N)cc1OC. The predicted molar refractivity (Wildman–Crippen MR) is 76.9 cm³/mol. The Balaban J connectivity index is 2.66. The van der Waals surface area contributed by atoms with Crippen molar-refractivity contribution in [2.24, 2.45) is 5.73 Å². The van der Waals surface area contributed by atoms with E-state index in [9.17, 15) is 0 Å². The van der Waals surface area contributed by atoms with Crippen LogP contribution < -0.4 is 16.2 Å². The second-order valence-corrected chi connectivity index (χ2v) is 4.52. The zero-order chi connectivity index (χ0) is 13.5. The number of anilines is 1. The number of hydrogen-bond donors (Lipinski definition) is 2. The molecule has 0 aliphatic rings. The quantitative estimate of drug-likeness (QED) is 0.721. The van der Waals surface area contributed by atoms with Gasteiger partial charge in [-0.05, 0) is 31.1 Å². The number of nitrogens with two attached hydrogens (primary N) is 2. The maximum Gasteiger partial charge on any atom is 0.124 e. The maximum absolute atomic E-state index is 6.19. The van der Waals surface area contributed by atoms with Gasteiger partial charge in [-0.15, -0.1) is 0 Å². The van der Waals surface area contributed by atoms with Gasteiger partial charge in [-0.2, -0.15) is 0 Å². The highest BCUT2D eigenvalue weighted by Crippen LogP contribution is 2.22. The fourth-order valence-corrected chi connectivity index (χ4v) is 2.09. The van der Waals surface area contributed by atoms with Crippen LogP contribution in [0.1, 0.15) is 19.4 Å². The minimum Gasteiger partial charge on any atom is -0.496 e. The molecule has 1 aromatic rings. The van der Waals surface area contributed by atoms with Crippen LogP contribution in [0.4, 0.5) is 5.69 Å². The average molecular weight is 251 g/mol. The molecule has 1 unspecified atom stereocenters. The lowest BCUT2D eigenvalue weighted by atomic mass is 10.0. The van der Waals surface area contributed by atoms with E-state index in [1.807, 2.05) is 18.2 Å². The van der Waals surface area contributed by atoms with E-state index in [1.54, 1.807) is 7.11 Å². The van der Waals surface area contributed by atoms with Gasteiger partial charge in [-0.3, -0.25) is 0 Å². The summed E-state index contributed by atoms with van der Waals surface area (Å²) in [5.74, 6) is 0.824. The molecule has 1 atom stereocenters. The Hall–Kier alpha value is -1.26. The summed E-state index contributed by atoms with van der Waals surface area (Å²) in [6.45, 7) is 7.27. The van der Waals surface area contributed by atoms with Gasteiger partial charge < -0.3 is 21.1 Å². The molecule has 0 amide bonds. The topological polar surface area (TPSA) is 64.5 Å². The smallest absolute Gasteiger partial charge is 0.124 e. The number of nitrogens with zero attached hydrogens (tertiary/aromatic N) is 1. The highest BCUT2D eigenvalue weighted by Gasteiger charge is 2.11. The van der Waals surface area contributed by atoms with Crippen molar-refractivity contribution in [1.82, 2.24) is 4.90 Å². The van der Waals surface area contributed by atoms with E-state index in [1.165, 1.54) is 0 Å². The molecule has 0 aliphatic heterocycles. The first-order valence-corrected chi connectivity index (χ1v) is 6.51. The molecule has 0 bridgehead atoms. The molecule has 4 heteroatoms. The van der Waals surface area contributed by atoms with E-state index >= 15 is 0 Å². The lowest BCUT2D eigenvalue weighted by Crippen LogP contribution is -2.38. The Morgan fingerprint density at radius 3 is 2.50 bits per heavy atom. The maximum atomic E-state index is 6.19. The summed E-state index contributed by atoms with van der Waals surface area (Å²) in [7, 11) is 1.66. The zero-order valence-electron chi connectivity index (χ0n) is 11.6. The van der Waals surface area contributed by atoms with E-state index in [2.05, 4.69) is 18.7 Å². The van der Waals surface area contributed by atoms with Crippen LogP contribution in [0.25, 0.3) is 0 Å². The van der Waals surface area contributed by atoms with Crippen LogP contribution in [0.5, 0.6) is 5.75 Å². The summed E-state index contributed by atoms with van der Waals surface area (Å²) in [5, 5.41) is 0. The van der Waals surface area contributed by atoms with Crippen molar-refractivity contribution in [3.63, 3.8) is 0 Å². The molecule has 0 fully saturated rings. The number of benzene rings is 1. The number of hydrogen-bond acceptors (Lipinski definition) is 4. The molecule has 0 aromatic heterocycles. The lowest BCUT2D eigenvalue weighted by molar-refractivity contribution is 0.281. The Kier molecular flexibility index (Phi) is 5.95. The summed E-state index contributed by atoms with van der Waals surface area (Å²) in [6, 6.07) is 5.85. The van der Waals surface area contributed by atoms with Crippen molar-refractivity contribution < 1.29 is 4.74 Å². The van der Waals surface area contributed by atoms with E-state index in [0.717, 1.165) is 37.4 Å². The van der Waals surface area contributed by atoms with Gasteiger partial charge in [0.1, 0.15) is 5.75 Å². The monoisotopic (exact) mass is 251 g/mol. The third-order valence-corrected chi connectivity index (χ3v) is 3.18. The van der Waals surface area contributed by atoms with Crippen LogP contribution in [-0.4, -0.2) is 37.7 Å². The van der Waals surface area contributed by atoms with Gasteiger partial charge in [0.05, 0.1) is 7.11 Å². The Bertz CT molecular complexity index is 364. The van der Waals surface area contributed by atoms with Crippen LogP contribution in [0.2, 0.25) is 0 Å². The van der Waals surface area contributed by atoms with Gasteiger partial charge >= 0.3 is 0 Å². The standard InChI is InChI=1S/C14H25N3O/c1-4-17(5-2)10-13(16)8-11-6-7-12(15)9-14(11)18-3/h6-7,9,13H,4-5,8,10,15-16H2,1-3H3. The molecule has 0 heterocycles. The number of methoxy groups -OCH3 is 1. The molecule has 0 radical (unpaired) electrons. The fourth-order valence-electron chi connectivity index (χ4n) is 2.09. The second kappa shape index (κ2) is 7.24. The van der Waals surface area contributed by atoms with Crippen LogP contribution in [0.15, 0.2) is 18.2 Å². The van der Waals surface area contributed by atoms with Crippen LogP contribution in [0, 0.1) is 0 Å². The largest absolute Gasteiger partial charge is 0.496 e. The number of ether oxygens (including phenoxy) is 1. The Morgan fingerprint density at radius 2 is 1.94 bits per heavy atom. The van der Waals surface area contributed by atoms with Gasteiger partial charge in [0.25, 0.3) is 0 Å². The van der Waals surface area contributed by atoms with Crippen molar-refractivity contribution in [3.05, 3.63) is 23.8 Å². The van der Waals surface area contributed by atoms with Gasteiger partial charge in [0.15, 0.2) is 0 Å². The molecule has 0 spiro atoms. The van der Waals surface area contributed by atoms with E-state index < -0.39 is 0 Å². The molecule has 4 N–H and O–H groups in total. The minimum atomic E-state index is 0.113. The van der Waals surface area contributed by atoms with Gasteiger partial charge in [0, 0.05) is 24.3 Å². The van der Waals surface area contributed by atoms with Gasteiger partial charge in [-0.1, -0.05) is 19.9 Å². The first-order chi connectivity index (χ1) is 8.60. The molecule has 18 heavy (non-hydrogen) atoms. The second-order valence-electron chi connectivity index (χ2n) is 4.52. The first-order valence-electron chi connectivity index (χ1n) is 6.51. The van der Waals surface area contributed by atoms with E-state index in [0.29, 0.717) is 5.69 Å². The minimum absolute atomic E-state index is 0.113. The molecule has 102 valence electrons. The summed E-state index contributed by atoms with van der Waals surface area (Å²) >= 11 is 0. The third-order valence-electron chi connectivity index (χ3n) is 3.18. The van der Waals surface area contributed by atoms with Crippen molar-refractivity contribution in [2.75, 3.05) is 32.5 Å². The highest BCUT2D eigenvalue weighted by molar-refractivity contribution is 5.48. The lowest BCUT2D eigenvalue weighted by Gasteiger charge is -2.23. The first kappa shape index (κ1) is 14.8. The summed E-state index contributed by atoms with van der Waals surface area (Å²) in [6.07, 6.45) is 0.806. The van der Waals surface area contributed by atoms with Crippen molar-refractivity contribution >= 4 is 5.69 Å². The molecule has 0 saturated heterocycles. The predicted octanol–water partition coefficient (Wildman–Crippen LogP) is 1.49. The molecule has 0 aliphatic carbocycles. The molecule has 1 aromatic carbocycles. The zero-order valence-corrected chi connectivity index (χ0v) is 11.6. The fraction of sp³-hybridized carbons (Fsp3) is 0.571. The van der Waals surface area contributed by atoms with Crippen LogP contribution in [0.3, 0.4) is 0 Å². The molecular weight excluding hydrogens is 226 g/mol. The van der Waals surface area contributed by atoms with Crippen molar-refractivity contribution in [3.8, 4) is 5.75 Å². The average Bonchev–Trinajstić information content (AvgIpc) is 2.38. The van der Waals surface area contributed by atoms with E-state index in [-0.39, 0.29) is 6.04 Å². The number of likely N-dealkylation sites (N-methyl/N-ethyl adjacent to an activating group) is 1. The van der Waals surface area contributed by atoms with Crippen molar-refractivity contribution in [2.45, 2.75) is 26.3 Å². The molecule has 1 rings (SSSR count). The molecular formula is C14H25N3O. The third kappa shape index (κ3) is 4.20. The van der Waals surface area contributed by atoms with Crippen LogP contribution in [-0.2, 0) is 6.42 Å². The highest BCUT2D eigenvalue weighted by atomic mass is 16.5. The molecule has 4 nitrogen and oxygen atoms in total. The normalized spacial score (nSPS) is 12.7. The Morgan fingerprint density at radius 1 is 1.28 bits per heavy atom.